The smallest absolute Gasteiger partial charge is 0.253 e. The van der Waals surface area contributed by atoms with Gasteiger partial charge in [0, 0.05) is 18.4 Å². The lowest BCUT2D eigenvalue weighted by molar-refractivity contribution is 0.0830. The maximum absolute atomic E-state index is 13.1. The molecule has 0 bridgehead atoms. The van der Waals surface area contributed by atoms with Crippen LogP contribution in [0.1, 0.15) is 52.2 Å². The van der Waals surface area contributed by atoms with Crippen LogP contribution in [0.3, 0.4) is 0 Å². The number of aliphatic hydroxyl groups excluding tert-OH is 1. The Kier molecular flexibility index (Phi) is 5.07. The fourth-order valence-corrected chi connectivity index (χ4v) is 3.84. The Hall–Kier alpha value is -2.85. The van der Waals surface area contributed by atoms with Gasteiger partial charge in [0.1, 0.15) is 6.10 Å². The van der Waals surface area contributed by atoms with Crippen molar-refractivity contribution in [1.29, 1.82) is 0 Å². The van der Waals surface area contributed by atoms with E-state index in [1.54, 1.807) is 0 Å². The van der Waals surface area contributed by atoms with Gasteiger partial charge < -0.3 is 15.0 Å². The molecule has 0 aliphatic carbocycles. The summed E-state index contributed by atoms with van der Waals surface area (Å²) in [5.74, 6) is -0.130. The summed E-state index contributed by atoms with van der Waals surface area (Å²) in [7, 11) is 0. The summed E-state index contributed by atoms with van der Waals surface area (Å²) < 4.78 is 2.17. The third-order valence-electron chi connectivity index (χ3n) is 5.29. The average molecular weight is 360 g/mol. The first kappa shape index (κ1) is 17.6. The number of amides is 1. The predicted octanol–water partition coefficient (Wildman–Crippen LogP) is 4.03. The number of rotatable bonds is 5. The molecule has 27 heavy (non-hydrogen) atoms. The highest BCUT2D eigenvalue weighted by atomic mass is 16.3. The molecule has 0 saturated heterocycles. The van der Waals surface area contributed by atoms with Gasteiger partial charge in [-0.3, -0.25) is 4.79 Å². The van der Waals surface area contributed by atoms with Gasteiger partial charge in [-0.15, -0.1) is 0 Å². The molecule has 4 nitrogen and oxygen atoms in total. The lowest BCUT2D eigenvalue weighted by atomic mass is 9.95. The number of nitrogens with one attached hydrogen (secondary N) is 1. The number of fused-ring (bicyclic) bond motifs is 1. The van der Waals surface area contributed by atoms with E-state index in [1.165, 1.54) is 0 Å². The summed E-state index contributed by atoms with van der Waals surface area (Å²) in [5.41, 5.74) is 3.48. The Morgan fingerprint density at radius 3 is 2.30 bits per heavy atom. The number of nitrogens with zero attached hydrogens (tertiary/aromatic N) is 1. The number of aliphatic hydroxyl groups is 1. The van der Waals surface area contributed by atoms with E-state index in [1.807, 2.05) is 72.9 Å². The standard InChI is InChI=1S/C23H24N2O2/c26-22(18-11-5-2-6-12-18)21(17-9-3-1-4-10-17)24-23(27)19-14-16-25-15-8-7-13-20(19)25/h1-6,9-12,14,16,21-22,26H,7-8,13,15H2,(H,24,27)/t21-,22+/m0/s1. The van der Waals surface area contributed by atoms with Crippen molar-refractivity contribution in [1.82, 2.24) is 9.88 Å². The summed E-state index contributed by atoms with van der Waals surface area (Å²) in [6.07, 6.45) is 4.36. The van der Waals surface area contributed by atoms with E-state index in [0.29, 0.717) is 0 Å². The molecule has 0 saturated carbocycles. The largest absolute Gasteiger partial charge is 0.386 e. The molecule has 1 aliphatic rings. The third-order valence-corrected chi connectivity index (χ3v) is 5.29. The molecule has 0 spiro atoms. The highest BCUT2D eigenvalue weighted by Crippen LogP contribution is 2.29. The van der Waals surface area contributed by atoms with Gasteiger partial charge in [0.25, 0.3) is 5.91 Å². The summed E-state index contributed by atoms with van der Waals surface area (Å²) in [6.45, 7) is 0.970. The first-order chi connectivity index (χ1) is 13.2. The van der Waals surface area contributed by atoms with Gasteiger partial charge in [-0.25, -0.2) is 0 Å². The van der Waals surface area contributed by atoms with Gasteiger partial charge in [0.2, 0.25) is 0 Å². The fourth-order valence-electron chi connectivity index (χ4n) is 3.84. The van der Waals surface area contributed by atoms with Crippen molar-refractivity contribution in [3.8, 4) is 0 Å². The van der Waals surface area contributed by atoms with Crippen LogP contribution < -0.4 is 5.32 Å². The molecule has 3 aromatic rings. The molecule has 2 atom stereocenters. The van der Waals surface area contributed by atoms with Crippen LogP contribution in [0.5, 0.6) is 0 Å². The van der Waals surface area contributed by atoms with Crippen molar-refractivity contribution in [2.45, 2.75) is 38.0 Å². The van der Waals surface area contributed by atoms with E-state index in [9.17, 15) is 9.90 Å². The maximum atomic E-state index is 13.1. The van der Waals surface area contributed by atoms with Crippen molar-refractivity contribution in [3.63, 3.8) is 0 Å². The summed E-state index contributed by atoms with van der Waals surface area (Å²) in [6, 6.07) is 20.5. The number of hydrogen-bond acceptors (Lipinski definition) is 2. The topological polar surface area (TPSA) is 54.3 Å². The molecule has 2 N–H and O–H groups in total. The zero-order valence-corrected chi connectivity index (χ0v) is 15.2. The second-order valence-electron chi connectivity index (χ2n) is 7.04. The van der Waals surface area contributed by atoms with Crippen LogP contribution >= 0.6 is 0 Å². The monoisotopic (exact) mass is 360 g/mol. The van der Waals surface area contributed by atoms with Crippen molar-refractivity contribution < 1.29 is 9.90 Å². The van der Waals surface area contributed by atoms with E-state index < -0.39 is 12.1 Å². The van der Waals surface area contributed by atoms with Crippen molar-refractivity contribution in [2.75, 3.05) is 0 Å². The van der Waals surface area contributed by atoms with Gasteiger partial charge in [-0.1, -0.05) is 60.7 Å². The molecular formula is C23H24N2O2. The van der Waals surface area contributed by atoms with Crippen LogP contribution in [0.15, 0.2) is 72.9 Å². The van der Waals surface area contributed by atoms with Crippen molar-refractivity contribution in [2.24, 2.45) is 0 Å². The zero-order valence-electron chi connectivity index (χ0n) is 15.2. The Balaban J connectivity index is 1.63. The van der Waals surface area contributed by atoms with E-state index in [-0.39, 0.29) is 5.91 Å². The molecule has 2 heterocycles. The van der Waals surface area contributed by atoms with Crippen LogP contribution in [0, 0.1) is 0 Å². The molecule has 0 fully saturated rings. The Morgan fingerprint density at radius 2 is 1.59 bits per heavy atom. The first-order valence-corrected chi connectivity index (χ1v) is 9.51. The van der Waals surface area contributed by atoms with Crippen LogP contribution in [0.4, 0.5) is 0 Å². The molecule has 4 heteroatoms. The number of carbonyl (C=O) groups excluding carboxylic acids is 1. The Bertz CT molecular complexity index is 903. The van der Waals surface area contributed by atoms with Gasteiger partial charge in [-0.05, 0) is 36.5 Å². The Labute approximate surface area is 159 Å². The molecule has 0 radical (unpaired) electrons. The van der Waals surface area contributed by atoms with E-state index in [2.05, 4.69) is 9.88 Å². The number of hydrogen-bond donors (Lipinski definition) is 2. The van der Waals surface area contributed by atoms with Gasteiger partial charge in [-0.2, -0.15) is 0 Å². The third kappa shape index (κ3) is 3.67. The molecular weight excluding hydrogens is 336 g/mol. The summed E-state index contributed by atoms with van der Waals surface area (Å²) in [5, 5.41) is 14.1. The minimum absolute atomic E-state index is 0.130. The predicted molar refractivity (Wildman–Crippen MR) is 105 cm³/mol. The minimum atomic E-state index is -0.823. The zero-order chi connectivity index (χ0) is 18.6. The molecule has 1 amide bonds. The second kappa shape index (κ2) is 7.80. The quantitative estimate of drug-likeness (QED) is 0.722. The van der Waals surface area contributed by atoms with Gasteiger partial charge in [0.15, 0.2) is 0 Å². The van der Waals surface area contributed by atoms with E-state index in [4.69, 9.17) is 0 Å². The van der Waals surface area contributed by atoms with Crippen LogP contribution in [0.2, 0.25) is 0 Å². The number of carbonyl (C=O) groups is 1. The van der Waals surface area contributed by atoms with Gasteiger partial charge in [0.05, 0.1) is 11.6 Å². The molecule has 0 unspecified atom stereocenters. The summed E-state index contributed by atoms with van der Waals surface area (Å²) in [4.78, 5) is 13.1. The van der Waals surface area contributed by atoms with Crippen molar-refractivity contribution in [3.05, 3.63) is 95.3 Å². The fraction of sp³-hybridized carbons (Fsp3) is 0.261. The molecule has 2 aromatic carbocycles. The SMILES string of the molecule is O=C(N[C@@H](c1ccccc1)[C@H](O)c1ccccc1)c1ccn2c1CCCC2. The van der Waals surface area contributed by atoms with E-state index >= 15 is 0 Å². The minimum Gasteiger partial charge on any atom is -0.386 e. The van der Waals surface area contributed by atoms with Crippen LogP contribution in [-0.2, 0) is 13.0 Å². The number of aryl methyl sites for hydroxylation is 1. The van der Waals surface area contributed by atoms with Crippen LogP contribution in [-0.4, -0.2) is 15.6 Å². The molecule has 1 aromatic heterocycles. The van der Waals surface area contributed by atoms with Crippen molar-refractivity contribution >= 4 is 5.91 Å². The normalized spacial score (nSPS) is 15.6. The number of benzene rings is 2. The average Bonchev–Trinajstić information content (AvgIpc) is 3.17. The lowest BCUT2D eigenvalue weighted by Gasteiger charge is -2.25. The molecule has 1 aliphatic heterocycles. The van der Waals surface area contributed by atoms with Gasteiger partial charge >= 0.3 is 0 Å². The lowest BCUT2D eigenvalue weighted by Crippen LogP contribution is -2.33. The highest BCUT2D eigenvalue weighted by Gasteiger charge is 2.27. The maximum Gasteiger partial charge on any atom is 0.253 e. The Morgan fingerprint density at radius 1 is 0.926 bits per heavy atom. The number of aromatic nitrogens is 1. The summed E-state index contributed by atoms with van der Waals surface area (Å²) >= 11 is 0. The highest BCUT2D eigenvalue weighted by molar-refractivity contribution is 5.95. The first-order valence-electron chi connectivity index (χ1n) is 9.51. The second-order valence-corrected chi connectivity index (χ2v) is 7.04. The molecule has 138 valence electrons. The van der Waals surface area contributed by atoms with E-state index in [0.717, 1.165) is 48.2 Å². The molecule has 4 rings (SSSR count). The van der Waals surface area contributed by atoms with Crippen LogP contribution in [0.25, 0.3) is 0 Å².